The molecule has 0 saturated heterocycles. The van der Waals surface area contributed by atoms with Crippen LogP contribution in [0.4, 0.5) is 13.2 Å². The van der Waals surface area contributed by atoms with E-state index in [0.29, 0.717) is 10.6 Å². The molecule has 0 aliphatic heterocycles. The van der Waals surface area contributed by atoms with E-state index in [4.69, 9.17) is 10.2 Å². The molecule has 2 N–H and O–H groups in total. The van der Waals surface area contributed by atoms with Crippen molar-refractivity contribution in [2.24, 2.45) is 12.5 Å². The molecule has 1 aliphatic rings. The number of alkyl halides is 3. The zero-order valence-corrected chi connectivity index (χ0v) is 19.9. The van der Waals surface area contributed by atoms with Gasteiger partial charge in [0.05, 0.1) is 6.54 Å². The summed E-state index contributed by atoms with van der Waals surface area (Å²) in [6, 6.07) is 4.68. The third-order valence-corrected chi connectivity index (χ3v) is 7.11. The van der Waals surface area contributed by atoms with Crippen LogP contribution in [0, 0.1) is 5.41 Å². The summed E-state index contributed by atoms with van der Waals surface area (Å²) in [5.74, 6) is -1.34. The van der Waals surface area contributed by atoms with Gasteiger partial charge in [0, 0.05) is 23.9 Å². The molecule has 11 heteroatoms. The Morgan fingerprint density at radius 1 is 1.24 bits per heavy atom. The summed E-state index contributed by atoms with van der Waals surface area (Å²) in [7, 11) is 1.95. The van der Waals surface area contributed by atoms with Crippen molar-refractivity contribution in [3.05, 3.63) is 41.1 Å². The van der Waals surface area contributed by atoms with E-state index in [1.165, 1.54) is 22.6 Å². The Hall–Kier alpha value is -2.79. The number of benzene rings is 1. The van der Waals surface area contributed by atoms with Gasteiger partial charge >= 0.3 is 12.1 Å². The number of hydrogen-bond acceptors (Lipinski definition) is 6. The minimum atomic E-state index is -4.56. The molecule has 3 aromatic rings. The van der Waals surface area contributed by atoms with Crippen LogP contribution in [-0.4, -0.2) is 49.8 Å². The Balaban J connectivity index is 1.51. The van der Waals surface area contributed by atoms with Gasteiger partial charge in [0.25, 0.3) is 0 Å². The van der Waals surface area contributed by atoms with Crippen LogP contribution in [0.2, 0.25) is 0 Å². The molecule has 0 spiro atoms. The Kier molecular flexibility index (Phi) is 6.52. The molecule has 2 heterocycles. The van der Waals surface area contributed by atoms with Gasteiger partial charge in [-0.3, -0.25) is 14.8 Å². The molecule has 1 atom stereocenters. The smallest absolute Gasteiger partial charge is 0.404 e. The van der Waals surface area contributed by atoms with E-state index in [1.54, 1.807) is 24.3 Å². The van der Waals surface area contributed by atoms with Crippen LogP contribution in [0.25, 0.3) is 21.3 Å². The van der Waals surface area contributed by atoms with E-state index in [9.17, 15) is 18.0 Å². The Morgan fingerprint density at radius 2 is 1.91 bits per heavy atom. The summed E-state index contributed by atoms with van der Waals surface area (Å²) in [4.78, 5) is 10.7. The number of carboxylic acid groups (broad SMARTS) is 1. The standard InChI is InChI=1S/C23H26F3N5O2S/c1-22(2)9-8-15-16(11-22)31(3)30-19(15)21-29-28-20(34-21)14-6-4-13(5-7-14)10-17(23(24,25)26)27-12-18(32)33/h4-7,17,27H,8-12H2,1-3H3,(H,32,33). The first-order valence-corrected chi connectivity index (χ1v) is 11.7. The summed E-state index contributed by atoms with van der Waals surface area (Å²) in [5.41, 5.74) is 4.72. The fourth-order valence-corrected chi connectivity index (χ4v) is 5.09. The molecule has 2 aromatic heterocycles. The number of rotatable bonds is 7. The first-order chi connectivity index (χ1) is 15.9. The largest absolute Gasteiger partial charge is 0.480 e. The van der Waals surface area contributed by atoms with E-state index < -0.39 is 24.7 Å². The second kappa shape index (κ2) is 9.10. The van der Waals surface area contributed by atoms with Crippen molar-refractivity contribution >= 4 is 17.3 Å². The van der Waals surface area contributed by atoms with Crippen LogP contribution in [0.1, 0.15) is 37.1 Å². The number of nitrogens with one attached hydrogen (secondary N) is 1. The van der Waals surface area contributed by atoms with Crippen LogP contribution in [0.15, 0.2) is 24.3 Å². The van der Waals surface area contributed by atoms with Crippen LogP contribution in [0.5, 0.6) is 0 Å². The number of aryl methyl sites for hydroxylation is 1. The highest BCUT2D eigenvalue weighted by Gasteiger charge is 2.39. The highest BCUT2D eigenvalue weighted by Crippen LogP contribution is 2.40. The number of hydrogen-bond donors (Lipinski definition) is 2. The van der Waals surface area contributed by atoms with Gasteiger partial charge in [-0.2, -0.15) is 18.3 Å². The molecule has 0 saturated carbocycles. The molecule has 0 radical (unpaired) electrons. The summed E-state index contributed by atoms with van der Waals surface area (Å²) >= 11 is 1.40. The lowest BCUT2D eigenvalue weighted by Gasteiger charge is -2.29. The van der Waals surface area contributed by atoms with Crippen molar-refractivity contribution in [1.82, 2.24) is 25.3 Å². The highest BCUT2D eigenvalue weighted by molar-refractivity contribution is 7.17. The Bertz CT molecular complexity index is 1180. The maximum Gasteiger partial charge on any atom is 0.404 e. The molecular weight excluding hydrogens is 467 g/mol. The maximum absolute atomic E-state index is 13.2. The zero-order chi connectivity index (χ0) is 24.7. The monoisotopic (exact) mass is 493 g/mol. The van der Waals surface area contributed by atoms with Gasteiger partial charge in [-0.05, 0) is 36.7 Å². The van der Waals surface area contributed by atoms with Crippen molar-refractivity contribution in [2.75, 3.05) is 6.54 Å². The minimum absolute atomic E-state index is 0.236. The average molecular weight is 494 g/mol. The lowest BCUT2D eigenvalue weighted by molar-refractivity contribution is -0.157. The Morgan fingerprint density at radius 3 is 2.56 bits per heavy atom. The lowest BCUT2D eigenvalue weighted by atomic mass is 9.76. The third-order valence-electron chi connectivity index (χ3n) is 6.14. The van der Waals surface area contributed by atoms with Gasteiger partial charge in [-0.1, -0.05) is 49.4 Å². The van der Waals surface area contributed by atoms with Crippen LogP contribution < -0.4 is 5.32 Å². The molecule has 182 valence electrons. The van der Waals surface area contributed by atoms with Crippen molar-refractivity contribution in [3.8, 4) is 21.3 Å². The van der Waals surface area contributed by atoms with Gasteiger partial charge in [0.1, 0.15) is 16.7 Å². The van der Waals surface area contributed by atoms with E-state index in [0.717, 1.165) is 35.5 Å². The first-order valence-electron chi connectivity index (χ1n) is 10.9. The maximum atomic E-state index is 13.2. The van der Waals surface area contributed by atoms with Crippen LogP contribution in [-0.2, 0) is 31.1 Å². The number of halogens is 3. The fourth-order valence-electron chi connectivity index (χ4n) is 4.23. The lowest BCUT2D eigenvalue weighted by Crippen LogP contribution is -2.45. The molecule has 1 aromatic carbocycles. The fraction of sp³-hybridized carbons (Fsp3) is 0.478. The molecule has 4 rings (SSSR count). The number of aromatic nitrogens is 4. The molecule has 0 fully saturated rings. The van der Waals surface area contributed by atoms with Crippen molar-refractivity contribution in [1.29, 1.82) is 0 Å². The number of fused-ring (bicyclic) bond motifs is 1. The first kappa shape index (κ1) is 24.3. The van der Waals surface area contributed by atoms with E-state index in [1.807, 2.05) is 11.7 Å². The number of carbonyl (C=O) groups is 1. The average Bonchev–Trinajstić information content (AvgIpc) is 3.35. The molecular formula is C23H26F3N5O2S. The second-order valence-electron chi connectivity index (χ2n) is 9.42. The topological polar surface area (TPSA) is 92.9 Å². The summed E-state index contributed by atoms with van der Waals surface area (Å²) < 4.78 is 41.7. The van der Waals surface area contributed by atoms with Crippen LogP contribution >= 0.6 is 11.3 Å². The van der Waals surface area contributed by atoms with Crippen molar-refractivity contribution in [3.63, 3.8) is 0 Å². The molecule has 0 amide bonds. The highest BCUT2D eigenvalue weighted by atomic mass is 32.1. The summed E-state index contributed by atoms with van der Waals surface area (Å²) in [6.07, 6.45) is -1.95. The third kappa shape index (κ3) is 5.30. The Labute approximate surface area is 199 Å². The van der Waals surface area contributed by atoms with E-state index >= 15 is 0 Å². The number of nitrogens with zero attached hydrogens (tertiary/aromatic N) is 4. The van der Waals surface area contributed by atoms with Crippen molar-refractivity contribution < 1.29 is 23.1 Å². The molecule has 34 heavy (non-hydrogen) atoms. The van der Waals surface area contributed by atoms with E-state index in [2.05, 4.69) is 29.4 Å². The molecule has 7 nitrogen and oxygen atoms in total. The normalized spacial score (nSPS) is 16.3. The second-order valence-corrected chi connectivity index (χ2v) is 10.4. The number of aliphatic carboxylic acids is 1. The number of carboxylic acids is 1. The van der Waals surface area contributed by atoms with Gasteiger partial charge < -0.3 is 5.11 Å². The predicted molar refractivity (Wildman–Crippen MR) is 123 cm³/mol. The zero-order valence-electron chi connectivity index (χ0n) is 19.1. The van der Waals surface area contributed by atoms with E-state index in [-0.39, 0.29) is 11.8 Å². The summed E-state index contributed by atoms with van der Waals surface area (Å²) in [6.45, 7) is 3.76. The minimum Gasteiger partial charge on any atom is -0.480 e. The van der Waals surface area contributed by atoms with Gasteiger partial charge in [-0.25, -0.2) is 0 Å². The quantitative estimate of drug-likeness (QED) is 0.511. The van der Waals surface area contributed by atoms with Gasteiger partial charge in [-0.15, -0.1) is 10.2 Å². The van der Waals surface area contributed by atoms with Crippen LogP contribution in [0.3, 0.4) is 0 Å². The molecule has 1 aliphatic carbocycles. The molecule has 0 bridgehead atoms. The SMILES string of the molecule is Cn1nc(-c2nnc(-c3ccc(CC(NCC(=O)O)C(F)(F)F)cc3)s2)c2c1CC(C)(C)CC2. The molecule has 1 unspecified atom stereocenters. The van der Waals surface area contributed by atoms with Gasteiger partial charge in [0.15, 0.2) is 5.01 Å². The van der Waals surface area contributed by atoms with Crippen molar-refractivity contribution in [2.45, 2.75) is 51.7 Å². The van der Waals surface area contributed by atoms with Gasteiger partial charge in [0.2, 0.25) is 0 Å². The summed E-state index contributed by atoms with van der Waals surface area (Å²) in [5, 5.41) is 25.5. The predicted octanol–water partition coefficient (Wildman–Crippen LogP) is 4.27.